The second-order valence-corrected chi connectivity index (χ2v) is 13.7. The van der Waals surface area contributed by atoms with E-state index in [0.29, 0.717) is 27.6 Å². The van der Waals surface area contributed by atoms with Crippen molar-refractivity contribution in [3.8, 4) is 28.3 Å². The van der Waals surface area contributed by atoms with E-state index in [0.717, 1.165) is 16.6 Å². The maximum atomic E-state index is 14.5. The minimum atomic E-state index is -4.15. The number of benzene rings is 4. The number of para-hydroxylation sites is 1. The molecule has 1 atom stereocenters. The van der Waals surface area contributed by atoms with Crippen LogP contribution in [0.15, 0.2) is 80.4 Å². The van der Waals surface area contributed by atoms with Gasteiger partial charge in [0.1, 0.15) is 28.2 Å². The summed E-state index contributed by atoms with van der Waals surface area (Å²) in [6, 6.07) is 15.8. The highest BCUT2D eigenvalue weighted by Gasteiger charge is 2.58. The summed E-state index contributed by atoms with van der Waals surface area (Å²) >= 11 is 0. The Morgan fingerprint density at radius 2 is 1.79 bits per heavy atom. The zero-order valence-electron chi connectivity index (χ0n) is 25.1. The van der Waals surface area contributed by atoms with Crippen LogP contribution >= 0.6 is 0 Å². The Labute approximate surface area is 268 Å². The van der Waals surface area contributed by atoms with Crippen LogP contribution < -0.4 is 14.6 Å². The quantitative estimate of drug-likeness (QED) is 0.173. The molecule has 1 aliphatic rings. The van der Waals surface area contributed by atoms with Gasteiger partial charge in [0.05, 0.1) is 35.5 Å². The predicted octanol–water partition coefficient (Wildman–Crippen LogP) is 7.61. The molecule has 1 saturated carbocycles. The number of ether oxygens (including phenoxy) is 1. The molecule has 0 radical (unpaired) electrons. The van der Waals surface area contributed by atoms with Gasteiger partial charge in [-0.15, -0.1) is 0 Å². The number of hydrogen-bond acceptors (Lipinski definition) is 7. The van der Waals surface area contributed by atoms with Crippen molar-refractivity contribution in [2.45, 2.75) is 12.3 Å². The van der Waals surface area contributed by atoms with Crippen LogP contribution in [0.1, 0.15) is 6.42 Å². The highest BCUT2D eigenvalue weighted by atomic mass is 32.2. The van der Waals surface area contributed by atoms with Gasteiger partial charge in [-0.05, 0) is 54.1 Å². The Balaban J connectivity index is 1.42. The van der Waals surface area contributed by atoms with E-state index < -0.39 is 52.0 Å². The van der Waals surface area contributed by atoms with Crippen LogP contribution in [0.3, 0.4) is 0 Å². The number of pyridine rings is 1. The van der Waals surface area contributed by atoms with Crippen molar-refractivity contribution < 1.29 is 39.6 Å². The van der Waals surface area contributed by atoms with Crippen molar-refractivity contribution in [1.82, 2.24) is 9.97 Å². The van der Waals surface area contributed by atoms with E-state index in [1.54, 1.807) is 30.3 Å². The Bertz CT molecular complexity index is 2650. The molecular formula is C34H23F4N3O6S. The molecule has 3 heterocycles. The minimum Gasteiger partial charge on any atom is -0.496 e. The number of nitrogens with one attached hydrogen (secondary N) is 1. The second kappa shape index (κ2) is 10.3. The van der Waals surface area contributed by atoms with Gasteiger partial charge in [0, 0.05) is 41.3 Å². The van der Waals surface area contributed by atoms with Gasteiger partial charge in [-0.3, -0.25) is 9.10 Å². The van der Waals surface area contributed by atoms with Gasteiger partial charge < -0.3 is 18.6 Å². The number of methoxy groups -OCH3 is 1. The second-order valence-electron chi connectivity index (χ2n) is 11.8. The molecule has 0 aliphatic heterocycles. The number of halogens is 4. The number of fused-ring (bicyclic) bond motifs is 6. The van der Waals surface area contributed by atoms with Gasteiger partial charge in [-0.2, -0.15) is 0 Å². The minimum absolute atomic E-state index is 0.00752. The molecule has 7 aromatic rings. The summed E-state index contributed by atoms with van der Waals surface area (Å²) in [7, 11) is -2.73. The van der Waals surface area contributed by atoms with Crippen molar-refractivity contribution in [2.75, 3.05) is 24.2 Å². The van der Waals surface area contributed by atoms with Gasteiger partial charge in [0.15, 0.2) is 11.4 Å². The third-order valence-corrected chi connectivity index (χ3v) is 9.78. The smallest absolute Gasteiger partial charge is 0.260 e. The number of anilines is 1. The lowest BCUT2D eigenvalue weighted by Gasteiger charge is -2.25. The lowest BCUT2D eigenvalue weighted by molar-refractivity contribution is 0.101. The fourth-order valence-corrected chi connectivity index (χ4v) is 7.10. The summed E-state index contributed by atoms with van der Waals surface area (Å²) in [5, 5.41) is 0.820. The van der Waals surface area contributed by atoms with Gasteiger partial charge in [0.2, 0.25) is 15.9 Å². The van der Waals surface area contributed by atoms with E-state index >= 15 is 0 Å². The number of oxazole rings is 1. The molecule has 4 aromatic carbocycles. The zero-order valence-corrected chi connectivity index (χ0v) is 25.9. The van der Waals surface area contributed by atoms with Crippen molar-refractivity contribution in [1.29, 1.82) is 0 Å². The Hall–Kier alpha value is -5.37. The Morgan fingerprint density at radius 1 is 1.00 bits per heavy atom. The number of rotatable bonds is 7. The molecular weight excluding hydrogens is 654 g/mol. The van der Waals surface area contributed by atoms with Crippen LogP contribution in [0.25, 0.3) is 66.5 Å². The fourth-order valence-electron chi connectivity index (χ4n) is 6.14. The number of sulfonamides is 1. The topological polar surface area (TPSA) is 119 Å². The molecule has 0 saturated heterocycles. The first-order valence-electron chi connectivity index (χ1n) is 14.6. The molecule has 0 spiro atoms. The largest absolute Gasteiger partial charge is 0.496 e. The number of H-pyrrole nitrogens is 1. The fraction of sp³-hybridized carbons (Fsp3) is 0.176. The number of alkyl halides is 2. The molecule has 1 N–H and O–H groups in total. The molecule has 8 rings (SSSR count). The lowest BCUT2D eigenvalue weighted by atomic mass is 9.98. The summed E-state index contributed by atoms with van der Waals surface area (Å²) in [5.74, 6) is -5.10. The van der Waals surface area contributed by atoms with E-state index in [9.17, 15) is 30.8 Å². The Morgan fingerprint density at radius 3 is 2.50 bits per heavy atom. The van der Waals surface area contributed by atoms with Crippen LogP contribution in [-0.4, -0.2) is 44.2 Å². The Kier molecular flexibility index (Phi) is 6.44. The molecule has 14 heteroatoms. The third-order valence-electron chi connectivity index (χ3n) is 8.63. The zero-order chi connectivity index (χ0) is 33.7. The van der Waals surface area contributed by atoms with Crippen LogP contribution in [-0.2, 0) is 10.0 Å². The van der Waals surface area contributed by atoms with Crippen LogP contribution in [0.4, 0.5) is 23.2 Å². The maximum Gasteiger partial charge on any atom is 0.260 e. The molecule has 48 heavy (non-hydrogen) atoms. The van der Waals surface area contributed by atoms with Crippen LogP contribution in [0, 0.1) is 17.6 Å². The number of nitrogens with zero attached hydrogens (tertiary/aromatic N) is 2. The van der Waals surface area contributed by atoms with E-state index in [1.165, 1.54) is 37.4 Å². The normalized spacial score (nSPS) is 15.9. The van der Waals surface area contributed by atoms with Gasteiger partial charge in [-0.25, -0.2) is 31.0 Å². The maximum absolute atomic E-state index is 14.5. The highest BCUT2D eigenvalue weighted by Crippen LogP contribution is 2.51. The van der Waals surface area contributed by atoms with Gasteiger partial charge in [-0.1, -0.05) is 12.1 Å². The molecule has 0 amide bonds. The van der Waals surface area contributed by atoms with E-state index in [-0.39, 0.29) is 50.3 Å². The van der Waals surface area contributed by atoms with E-state index in [4.69, 9.17) is 13.6 Å². The number of aromatic nitrogens is 2. The molecule has 1 fully saturated rings. The highest BCUT2D eigenvalue weighted by molar-refractivity contribution is 7.92. The summed E-state index contributed by atoms with van der Waals surface area (Å²) in [6.07, 6.45) is 0.444. The van der Waals surface area contributed by atoms with Crippen molar-refractivity contribution in [3.05, 3.63) is 88.7 Å². The molecule has 1 aliphatic carbocycles. The van der Waals surface area contributed by atoms with Crippen molar-refractivity contribution >= 4 is 59.7 Å². The van der Waals surface area contributed by atoms with Gasteiger partial charge in [0.25, 0.3) is 11.5 Å². The molecule has 9 nitrogen and oxygen atoms in total. The van der Waals surface area contributed by atoms with E-state index in [2.05, 4.69) is 9.97 Å². The lowest BCUT2D eigenvalue weighted by Crippen LogP contribution is -2.33. The summed E-state index contributed by atoms with van der Waals surface area (Å²) in [5.41, 5.74) is 0.937. The molecule has 244 valence electrons. The average molecular weight is 678 g/mol. The SMILES string of the molecule is COc1ccc(-c2cc3c(cc2N(CC2CC2(F)F)S(C)(=O)=O)oc2c4ccc(F)cc4[nH]c(=O)c32)cc1-c1nc2c(F)cccc2o1. The number of furan rings is 1. The monoisotopic (exact) mass is 677 g/mol. The van der Waals surface area contributed by atoms with Gasteiger partial charge >= 0.3 is 0 Å². The summed E-state index contributed by atoms with van der Waals surface area (Å²) in [6.45, 7) is -0.513. The number of hydrogen-bond donors (Lipinski definition) is 1. The molecule has 1 unspecified atom stereocenters. The third kappa shape index (κ3) is 4.77. The first kappa shape index (κ1) is 30.0. The predicted molar refractivity (Wildman–Crippen MR) is 172 cm³/mol. The van der Waals surface area contributed by atoms with E-state index in [1.807, 2.05) is 0 Å². The molecule has 0 bridgehead atoms. The first-order valence-corrected chi connectivity index (χ1v) is 16.5. The summed E-state index contributed by atoms with van der Waals surface area (Å²) < 4.78 is 102. The van der Waals surface area contributed by atoms with Crippen molar-refractivity contribution in [3.63, 3.8) is 0 Å². The number of aromatic amines is 1. The van der Waals surface area contributed by atoms with Crippen LogP contribution in [0.5, 0.6) is 5.75 Å². The summed E-state index contributed by atoms with van der Waals surface area (Å²) in [4.78, 5) is 20.4. The first-order chi connectivity index (χ1) is 22.8. The average Bonchev–Trinajstić information content (AvgIpc) is 3.33. The van der Waals surface area contributed by atoms with Crippen molar-refractivity contribution in [2.24, 2.45) is 5.92 Å². The molecule has 3 aromatic heterocycles. The standard InChI is InChI=1S/C34H23F4N3O6S/c1-45-26-9-6-16(10-22(26)33-40-30-23(36)4-3-5-27(30)47-33)20-12-21-28(13-25(20)41(48(2,43)44)15-17-14-34(17,37)38)46-31-19-8-7-18(35)11-24(19)39-32(42)29(21)31/h3-13,17H,14-15H2,1-2H3,(H,39,42). The van der Waals surface area contributed by atoms with Crippen LogP contribution in [0.2, 0.25) is 0 Å².